The van der Waals surface area contributed by atoms with E-state index in [1.54, 1.807) is 24.3 Å². The second kappa shape index (κ2) is 12.4. The molecular formula is C27H37N3O7S. The van der Waals surface area contributed by atoms with Crippen LogP contribution in [0.4, 0.5) is 10.5 Å². The third-order valence-electron chi connectivity index (χ3n) is 6.24. The standard InChI is InChI=1S/C27H37N3O7S/c1-18(2)15-30(38(33,34)21-10-8-20(28)9-11-21)16-24(31)23(14-19-6-4-3-5-7-19)29-27(32)37-25-17-36-26-22(25)12-13-35-26/h3-11,18,22-26,31H,12-17,28H2,1-2H3,(H,29,32)/t22-,23-,24+,25-,26+/m0/s1/i13D2,22D,26D. The second-order valence-electron chi connectivity index (χ2n) is 9.73. The SMILES string of the molecule is [2H]C1([2H])C[C@@]2([2H])[C@@H](OC(=O)N[C@@H](Cc3ccccc3)[C@H](O)CN(CC(C)C)S(=O)(=O)c3ccc(N)cc3)CO[C@@]2([2H])O1. The highest BCUT2D eigenvalue weighted by molar-refractivity contribution is 7.89. The number of nitrogens with zero attached hydrogens (tertiary/aromatic N) is 1. The second-order valence-corrected chi connectivity index (χ2v) is 11.7. The Balaban J connectivity index is 1.54. The monoisotopic (exact) mass is 551 g/mol. The molecule has 2 aromatic rings. The van der Waals surface area contributed by atoms with Crippen LogP contribution < -0.4 is 11.1 Å². The number of nitrogen functional groups attached to an aromatic ring is 1. The Kier molecular flexibility index (Phi) is 7.60. The Morgan fingerprint density at radius 3 is 2.61 bits per heavy atom. The van der Waals surface area contributed by atoms with Crippen molar-refractivity contribution in [2.24, 2.45) is 11.8 Å². The van der Waals surface area contributed by atoms with Crippen molar-refractivity contribution in [3.8, 4) is 0 Å². The molecule has 38 heavy (non-hydrogen) atoms. The van der Waals surface area contributed by atoms with Crippen molar-refractivity contribution in [3.05, 3.63) is 60.2 Å². The highest BCUT2D eigenvalue weighted by Crippen LogP contribution is 2.33. The van der Waals surface area contributed by atoms with E-state index in [4.69, 9.17) is 25.4 Å². The van der Waals surface area contributed by atoms with Crippen LogP contribution in [0.5, 0.6) is 0 Å². The lowest BCUT2D eigenvalue weighted by molar-refractivity contribution is -0.0907. The molecule has 2 saturated heterocycles. The fourth-order valence-electron chi connectivity index (χ4n) is 4.31. The first kappa shape index (κ1) is 23.2. The number of hydrogen-bond donors (Lipinski definition) is 3. The van der Waals surface area contributed by atoms with Crippen LogP contribution in [0, 0.1) is 11.8 Å². The first-order valence-corrected chi connectivity index (χ1v) is 13.9. The molecule has 11 heteroatoms. The molecule has 0 bridgehead atoms. The lowest BCUT2D eigenvalue weighted by atomic mass is 10.0. The molecule has 0 aromatic heterocycles. The minimum atomic E-state index is -4.04. The van der Waals surface area contributed by atoms with Crippen LogP contribution in [0.2, 0.25) is 0 Å². The molecule has 4 rings (SSSR count). The number of nitrogens with one attached hydrogen (secondary N) is 1. The number of sulfonamides is 1. The Hall–Kier alpha value is -2.70. The zero-order valence-electron chi connectivity index (χ0n) is 25.4. The molecule has 10 nitrogen and oxygen atoms in total. The number of alkyl carbamates (subject to hydrolysis) is 1. The molecule has 0 aliphatic carbocycles. The smallest absolute Gasteiger partial charge is 0.407 e. The van der Waals surface area contributed by atoms with E-state index >= 15 is 0 Å². The highest BCUT2D eigenvalue weighted by atomic mass is 32.2. The summed E-state index contributed by atoms with van der Waals surface area (Å²) in [5, 5.41) is 14.0. The summed E-state index contributed by atoms with van der Waals surface area (Å²) in [4.78, 5) is 13.1. The Morgan fingerprint density at radius 2 is 1.92 bits per heavy atom. The summed E-state index contributed by atoms with van der Waals surface area (Å²) in [7, 11) is -4.04. The van der Waals surface area contributed by atoms with Crippen molar-refractivity contribution >= 4 is 21.8 Å². The fourth-order valence-corrected chi connectivity index (χ4v) is 5.93. The van der Waals surface area contributed by atoms with Crippen molar-refractivity contribution < 1.29 is 38.0 Å². The van der Waals surface area contributed by atoms with Crippen LogP contribution in [-0.4, -0.2) is 74.7 Å². The van der Waals surface area contributed by atoms with E-state index in [9.17, 15) is 18.3 Å². The van der Waals surface area contributed by atoms with Gasteiger partial charge in [0.15, 0.2) is 6.27 Å². The van der Waals surface area contributed by atoms with Gasteiger partial charge < -0.3 is 30.4 Å². The number of amides is 1. The van der Waals surface area contributed by atoms with Gasteiger partial charge >= 0.3 is 6.09 Å². The largest absolute Gasteiger partial charge is 0.443 e. The topological polar surface area (TPSA) is 140 Å². The molecule has 0 unspecified atom stereocenters. The van der Waals surface area contributed by atoms with Crippen molar-refractivity contribution in [3.63, 3.8) is 0 Å². The van der Waals surface area contributed by atoms with Crippen LogP contribution in [0.15, 0.2) is 59.5 Å². The van der Waals surface area contributed by atoms with Crippen molar-refractivity contribution in [1.29, 1.82) is 0 Å². The number of benzene rings is 2. The number of aliphatic hydroxyl groups excluding tert-OH is 1. The molecule has 0 saturated carbocycles. The lowest BCUT2D eigenvalue weighted by Crippen LogP contribution is -2.51. The van der Waals surface area contributed by atoms with Crippen LogP contribution in [0.1, 0.15) is 31.3 Å². The van der Waals surface area contributed by atoms with Gasteiger partial charge in [0.05, 0.1) is 40.2 Å². The molecule has 1 amide bonds. The average molecular weight is 552 g/mol. The highest BCUT2D eigenvalue weighted by Gasteiger charge is 2.44. The summed E-state index contributed by atoms with van der Waals surface area (Å²) >= 11 is 0. The summed E-state index contributed by atoms with van der Waals surface area (Å²) in [6, 6.07) is 13.7. The van der Waals surface area contributed by atoms with Gasteiger partial charge in [-0.05, 0) is 48.6 Å². The number of ether oxygens (including phenoxy) is 3. The average Bonchev–Trinajstić information content (AvgIpc) is 3.23. The molecular weight excluding hydrogens is 510 g/mol. The third kappa shape index (κ3) is 7.03. The first-order chi connectivity index (χ1) is 19.5. The lowest BCUT2D eigenvalue weighted by Gasteiger charge is -2.31. The predicted octanol–water partition coefficient (Wildman–Crippen LogP) is 2.38. The number of hydrogen-bond acceptors (Lipinski definition) is 8. The fraction of sp³-hybridized carbons (Fsp3) is 0.519. The van der Waals surface area contributed by atoms with E-state index in [0.717, 1.165) is 9.87 Å². The van der Waals surface area contributed by atoms with Gasteiger partial charge in [0.1, 0.15) is 6.10 Å². The van der Waals surface area contributed by atoms with Crippen LogP contribution in [0.3, 0.4) is 0 Å². The molecule has 0 radical (unpaired) electrons. The third-order valence-corrected chi connectivity index (χ3v) is 8.08. The molecule has 0 spiro atoms. The number of aliphatic hydroxyl groups is 1. The number of carbonyl (C=O) groups excluding carboxylic acids is 1. The summed E-state index contributed by atoms with van der Waals surface area (Å²) < 4.78 is 76.4. The van der Waals surface area contributed by atoms with E-state index < -0.39 is 59.5 Å². The van der Waals surface area contributed by atoms with E-state index in [0.29, 0.717) is 5.69 Å². The minimum Gasteiger partial charge on any atom is -0.443 e. The van der Waals surface area contributed by atoms with Crippen LogP contribution in [0.25, 0.3) is 0 Å². The number of rotatable bonds is 11. The maximum Gasteiger partial charge on any atom is 0.407 e. The van der Waals surface area contributed by atoms with Crippen molar-refractivity contribution in [1.82, 2.24) is 9.62 Å². The van der Waals surface area contributed by atoms with Crippen LogP contribution in [-0.2, 0) is 30.7 Å². The summed E-state index contributed by atoms with van der Waals surface area (Å²) in [6.07, 6.45) is -6.53. The summed E-state index contributed by atoms with van der Waals surface area (Å²) in [5.41, 5.74) is 6.88. The molecule has 5 atom stereocenters. The molecule has 2 aromatic carbocycles. The Labute approximate surface area is 229 Å². The van der Waals surface area contributed by atoms with Gasteiger partial charge in [-0.25, -0.2) is 13.2 Å². The van der Waals surface area contributed by atoms with Gasteiger partial charge in [-0.15, -0.1) is 0 Å². The Morgan fingerprint density at radius 1 is 1.21 bits per heavy atom. The normalized spacial score (nSPS) is 29.6. The maximum atomic E-state index is 13.5. The van der Waals surface area contributed by atoms with Crippen molar-refractivity contribution in [2.75, 3.05) is 32.0 Å². The molecule has 2 aliphatic heterocycles. The molecule has 4 N–H and O–H groups in total. The van der Waals surface area contributed by atoms with E-state index in [1.165, 1.54) is 24.3 Å². The van der Waals surface area contributed by atoms with Crippen molar-refractivity contribution in [2.45, 2.75) is 56.1 Å². The predicted molar refractivity (Wildman–Crippen MR) is 142 cm³/mol. The zero-order valence-corrected chi connectivity index (χ0v) is 22.2. The van der Waals surface area contributed by atoms with Gasteiger partial charge in [0, 0.05) is 20.1 Å². The zero-order chi connectivity index (χ0) is 30.9. The molecule has 2 heterocycles. The maximum absolute atomic E-state index is 13.5. The van der Waals surface area contributed by atoms with Gasteiger partial charge in [0.25, 0.3) is 0 Å². The van der Waals surface area contributed by atoms with E-state index in [-0.39, 0.29) is 36.9 Å². The summed E-state index contributed by atoms with van der Waals surface area (Å²) in [5.74, 6) is -2.11. The van der Waals surface area contributed by atoms with Gasteiger partial charge in [-0.2, -0.15) is 4.31 Å². The quantitative estimate of drug-likeness (QED) is 0.362. The molecule has 2 fully saturated rings. The number of anilines is 1. The van der Waals surface area contributed by atoms with E-state index in [1.807, 2.05) is 19.9 Å². The first-order valence-electron chi connectivity index (χ1n) is 14.4. The summed E-state index contributed by atoms with van der Waals surface area (Å²) in [6.45, 7) is 0.768. The van der Waals surface area contributed by atoms with Gasteiger partial charge in [-0.3, -0.25) is 0 Å². The number of nitrogens with two attached hydrogens (primary N) is 1. The minimum absolute atomic E-state index is 0.0102. The molecule has 208 valence electrons. The van der Waals surface area contributed by atoms with E-state index in [2.05, 4.69) is 5.32 Å². The Bertz CT molecular complexity index is 1350. The molecule has 2 aliphatic rings. The van der Waals surface area contributed by atoms with Crippen LogP contribution >= 0.6 is 0 Å². The number of fused-ring (bicyclic) bond motifs is 1. The number of carbonyl (C=O) groups is 1. The van der Waals surface area contributed by atoms with Gasteiger partial charge in [-0.1, -0.05) is 44.2 Å². The van der Waals surface area contributed by atoms with Gasteiger partial charge in [0.2, 0.25) is 10.0 Å².